The molecule has 2 aromatic carbocycles. The molecule has 0 fully saturated rings. The predicted octanol–water partition coefficient (Wildman–Crippen LogP) is 2.90. The molecule has 0 aromatic heterocycles. The normalized spacial score (nSPS) is 10.7. The fourth-order valence-corrected chi connectivity index (χ4v) is 2.67. The molecule has 0 saturated carbocycles. The van der Waals surface area contributed by atoms with Crippen LogP contribution >= 0.6 is 11.6 Å². The van der Waals surface area contributed by atoms with E-state index in [9.17, 15) is 14.4 Å². The summed E-state index contributed by atoms with van der Waals surface area (Å²) in [5.41, 5.74) is 4.22. The fourth-order valence-electron chi connectivity index (χ4n) is 2.49. The number of carbonyl (C=O) groups is 3. The van der Waals surface area contributed by atoms with Crippen molar-refractivity contribution in [1.82, 2.24) is 10.7 Å². The van der Waals surface area contributed by atoms with E-state index in [2.05, 4.69) is 21.2 Å². The maximum atomic E-state index is 12.2. The topological polar surface area (TPSA) is 118 Å². The number of rotatable bonds is 9. The molecular formula is C23H27ClN4O5. The molecular weight excluding hydrogens is 448 g/mol. The van der Waals surface area contributed by atoms with Gasteiger partial charge in [-0.25, -0.2) is 5.43 Å². The summed E-state index contributed by atoms with van der Waals surface area (Å²) >= 11 is 6.07. The lowest BCUT2D eigenvalue weighted by molar-refractivity contribution is -0.139. The Morgan fingerprint density at radius 1 is 1.09 bits per heavy atom. The Morgan fingerprint density at radius 3 is 2.52 bits per heavy atom. The minimum absolute atomic E-state index is 0.227. The van der Waals surface area contributed by atoms with Gasteiger partial charge < -0.3 is 20.1 Å². The fraction of sp³-hybridized carbons (Fsp3) is 0.304. The first-order chi connectivity index (χ1) is 15.7. The number of nitrogens with one attached hydrogen (secondary N) is 3. The van der Waals surface area contributed by atoms with Gasteiger partial charge in [-0.2, -0.15) is 5.10 Å². The molecule has 3 N–H and O–H groups in total. The maximum Gasteiger partial charge on any atom is 0.329 e. The van der Waals surface area contributed by atoms with Crippen molar-refractivity contribution in [1.29, 1.82) is 0 Å². The second-order valence-corrected chi connectivity index (χ2v) is 7.92. The summed E-state index contributed by atoms with van der Waals surface area (Å²) in [6.07, 6.45) is 1.35. The molecule has 33 heavy (non-hydrogen) atoms. The number of aryl methyl sites for hydroxylation is 1. The van der Waals surface area contributed by atoms with Gasteiger partial charge in [0.1, 0.15) is 0 Å². The van der Waals surface area contributed by atoms with Gasteiger partial charge in [0.2, 0.25) is 0 Å². The lowest BCUT2D eigenvalue weighted by atomic mass is 10.2. The van der Waals surface area contributed by atoms with Gasteiger partial charge in [0, 0.05) is 17.3 Å². The van der Waals surface area contributed by atoms with Crippen LogP contribution in [0.2, 0.25) is 5.02 Å². The minimum Gasteiger partial charge on any atom is -0.493 e. The maximum absolute atomic E-state index is 12.2. The Kier molecular flexibility index (Phi) is 9.68. The number of hydrogen-bond donors (Lipinski definition) is 3. The standard InChI is InChI=1S/C23H27ClN4O5/c1-14(2)11-25-22(30)23(31)28-26-12-16-6-8-19(20(9-16)32-4)33-13-21(29)27-17-7-5-15(3)18(24)10-17/h5-10,12,14H,11,13H2,1-4H3,(H,25,30)(H,27,29)(H,28,31)/b26-12-. The first kappa shape index (κ1) is 25.7. The molecule has 3 amide bonds. The van der Waals surface area contributed by atoms with Crippen molar-refractivity contribution >= 4 is 41.2 Å². The Hall–Kier alpha value is -3.59. The zero-order chi connectivity index (χ0) is 24.4. The van der Waals surface area contributed by atoms with Gasteiger partial charge in [-0.05, 0) is 54.3 Å². The van der Waals surface area contributed by atoms with Crippen LogP contribution in [-0.4, -0.2) is 44.2 Å². The molecule has 0 unspecified atom stereocenters. The first-order valence-corrected chi connectivity index (χ1v) is 10.6. The van der Waals surface area contributed by atoms with Crippen molar-refractivity contribution in [2.24, 2.45) is 11.0 Å². The second-order valence-electron chi connectivity index (χ2n) is 7.51. The number of halogens is 1. The molecule has 10 heteroatoms. The SMILES string of the molecule is COc1cc(/C=N\NC(=O)C(=O)NCC(C)C)ccc1OCC(=O)Nc1ccc(C)c(Cl)c1. The first-order valence-electron chi connectivity index (χ1n) is 10.2. The molecule has 0 atom stereocenters. The second kappa shape index (κ2) is 12.4. The van der Waals surface area contributed by atoms with Gasteiger partial charge in [-0.3, -0.25) is 14.4 Å². The van der Waals surface area contributed by atoms with Crippen LogP contribution in [0.1, 0.15) is 25.0 Å². The van der Waals surface area contributed by atoms with E-state index in [1.165, 1.54) is 13.3 Å². The largest absolute Gasteiger partial charge is 0.493 e. The molecule has 2 rings (SSSR count). The number of carbonyl (C=O) groups excluding carboxylic acids is 3. The highest BCUT2D eigenvalue weighted by atomic mass is 35.5. The van der Waals surface area contributed by atoms with Gasteiger partial charge in [-0.15, -0.1) is 0 Å². The zero-order valence-corrected chi connectivity index (χ0v) is 19.7. The monoisotopic (exact) mass is 474 g/mol. The molecule has 0 aliphatic rings. The summed E-state index contributed by atoms with van der Waals surface area (Å²) in [7, 11) is 1.46. The summed E-state index contributed by atoms with van der Waals surface area (Å²) in [6.45, 7) is 5.87. The average molecular weight is 475 g/mol. The Bertz CT molecular complexity index is 1040. The van der Waals surface area contributed by atoms with Gasteiger partial charge in [0.15, 0.2) is 18.1 Å². The lowest BCUT2D eigenvalue weighted by Gasteiger charge is -2.12. The molecule has 0 bridgehead atoms. The predicted molar refractivity (Wildman–Crippen MR) is 127 cm³/mol. The Balaban J connectivity index is 1.91. The third-order valence-electron chi connectivity index (χ3n) is 4.26. The molecule has 0 spiro atoms. The van der Waals surface area contributed by atoms with E-state index in [0.29, 0.717) is 34.3 Å². The van der Waals surface area contributed by atoms with Crippen LogP contribution in [0.25, 0.3) is 0 Å². The zero-order valence-electron chi connectivity index (χ0n) is 18.9. The average Bonchev–Trinajstić information content (AvgIpc) is 2.78. The third-order valence-corrected chi connectivity index (χ3v) is 4.67. The van der Waals surface area contributed by atoms with Crippen LogP contribution < -0.4 is 25.5 Å². The summed E-state index contributed by atoms with van der Waals surface area (Å²) in [5.74, 6) is -1.03. The van der Waals surface area contributed by atoms with Crippen molar-refractivity contribution in [3.8, 4) is 11.5 Å². The van der Waals surface area contributed by atoms with Gasteiger partial charge in [0.25, 0.3) is 5.91 Å². The quantitative estimate of drug-likeness (QED) is 0.293. The van der Waals surface area contributed by atoms with Crippen LogP contribution in [-0.2, 0) is 14.4 Å². The van der Waals surface area contributed by atoms with Gasteiger partial charge >= 0.3 is 11.8 Å². The number of ether oxygens (including phenoxy) is 2. The van der Waals surface area contributed by atoms with Crippen LogP contribution in [0.4, 0.5) is 5.69 Å². The number of anilines is 1. The van der Waals surface area contributed by atoms with Crippen molar-refractivity contribution in [3.63, 3.8) is 0 Å². The summed E-state index contributed by atoms with van der Waals surface area (Å²) in [6, 6.07) is 10.1. The van der Waals surface area contributed by atoms with E-state index in [-0.39, 0.29) is 18.4 Å². The van der Waals surface area contributed by atoms with Crippen molar-refractivity contribution < 1.29 is 23.9 Å². The molecule has 9 nitrogen and oxygen atoms in total. The van der Waals surface area contributed by atoms with E-state index < -0.39 is 11.8 Å². The van der Waals surface area contributed by atoms with Crippen LogP contribution in [0.5, 0.6) is 11.5 Å². The Morgan fingerprint density at radius 2 is 1.85 bits per heavy atom. The highest BCUT2D eigenvalue weighted by Gasteiger charge is 2.13. The van der Waals surface area contributed by atoms with E-state index in [0.717, 1.165) is 5.56 Å². The van der Waals surface area contributed by atoms with E-state index >= 15 is 0 Å². The van der Waals surface area contributed by atoms with E-state index in [1.807, 2.05) is 26.8 Å². The lowest BCUT2D eigenvalue weighted by Crippen LogP contribution is -2.39. The summed E-state index contributed by atoms with van der Waals surface area (Å²) < 4.78 is 10.9. The van der Waals surface area contributed by atoms with Crippen molar-refractivity contribution in [2.75, 3.05) is 25.6 Å². The number of hydrogen-bond acceptors (Lipinski definition) is 6. The van der Waals surface area contributed by atoms with Crippen LogP contribution in [0.3, 0.4) is 0 Å². The Labute approximate surface area is 197 Å². The minimum atomic E-state index is -0.861. The molecule has 2 aromatic rings. The van der Waals surface area contributed by atoms with Crippen molar-refractivity contribution in [3.05, 3.63) is 52.5 Å². The highest BCUT2D eigenvalue weighted by molar-refractivity contribution is 6.35. The summed E-state index contributed by atoms with van der Waals surface area (Å²) in [4.78, 5) is 35.5. The molecule has 0 aliphatic carbocycles. The molecule has 176 valence electrons. The van der Waals surface area contributed by atoms with Crippen LogP contribution in [0, 0.1) is 12.8 Å². The third kappa shape index (κ3) is 8.46. The number of nitrogens with zero attached hydrogens (tertiary/aromatic N) is 1. The number of amides is 3. The van der Waals surface area contributed by atoms with Gasteiger partial charge in [-0.1, -0.05) is 31.5 Å². The highest BCUT2D eigenvalue weighted by Crippen LogP contribution is 2.27. The summed E-state index contributed by atoms with van der Waals surface area (Å²) in [5, 5.41) is 9.54. The molecule has 0 saturated heterocycles. The van der Waals surface area contributed by atoms with Gasteiger partial charge in [0.05, 0.1) is 13.3 Å². The smallest absolute Gasteiger partial charge is 0.329 e. The molecule has 0 heterocycles. The molecule has 0 radical (unpaired) electrons. The van der Waals surface area contributed by atoms with E-state index in [1.54, 1.807) is 30.3 Å². The number of methoxy groups -OCH3 is 1. The van der Waals surface area contributed by atoms with Crippen LogP contribution in [0.15, 0.2) is 41.5 Å². The molecule has 0 aliphatic heterocycles. The van der Waals surface area contributed by atoms with E-state index in [4.69, 9.17) is 21.1 Å². The number of benzene rings is 2. The van der Waals surface area contributed by atoms with Crippen molar-refractivity contribution in [2.45, 2.75) is 20.8 Å². The number of hydrazone groups is 1.